The van der Waals surface area contributed by atoms with E-state index in [1.807, 2.05) is 72.5 Å². The highest BCUT2D eigenvalue weighted by molar-refractivity contribution is 5.95. The molecule has 1 saturated heterocycles. The van der Waals surface area contributed by atoms with E-state index >= 15 is 0 Å². The van der Waals surface area contributed by atoms with Crippen molar-refractivity contribution in [3.05, 3.63) is 84.2 Å². The molecule has 0 bridgehead atoms. The summed E-state index contributed by atoms with van der Waals surface area (Å²) in [7, 11) is 0. The second-order valence-electron chi connectivity index (χ2n) is 7.76. The fourth-order valence-electron chi connectivity index (χ4n) is 3.83. The molecule has 0 saturated carbocycles. The SMILES string of the molecule is Cc1ccncc1C(=O)N1CCC(Oc2ccccc2-c2nc(-c3ccccc3)no2)C1. The molecular weight excluding hydrogens is 404 g/mol. The molecule has 0 radical (unpaired) electrons. The average Bonchev–Trinajstić information content (AvgIpc) is 3.50. The third-order valence-electron chi connectivity index (χ3n) is 5.57. The number of aromatic nitrogens is 3. The van der Waals surface area contributed by atoms with Crippen LogP contribution in [0.2, 0.25) is 0 Å². The molecule has 2 aromatic heterocycles. The molecule has 1 fully saturated rings. The molecule has 0 N–H and O–H groups in total. The topological polar surface area (TPSA) is 81.4 Å². The maximum atomic E-state index is 12.9. The highest BCUT2D eigenvalue weighted by Gasteiger charge is 2.30. The van der Waals surface area contributed by atoms with Gasteiger partial charge in [0.05, 0.1) is 17.7 Å². The molecule has 2 aromatic carbocycles. The highest BCUT2D eigenvalue weighted by Crippen LogP contribution is 2.32. The number of likely N-dealkylation sites (tertiary alicyclic amines) is 1. The molecule has 5 rings (SSSR count). The van der Waals surface area contributed by atoms with Crippen molar-refractivity contribution in [1.82, 2.24) is 20.0 Å². The zero-order chi connectivity index (χ0) is 21.9. The molecule has 1 unspecified atom stereocenters. The van der Waals surface area contributed by atoms with E-state index in [0.717, 1.165) is 23.1 Å². The van der Waals surface area contributed by atoms with E-state index in [-0.39, 0.29) is 12.0 Å². The van der Waals surface area contributed by atoms with Crippen LogP contribution in [-0.2, 0) is 0 Å². The van der Waals surface area contributed by atoms with Gasteiger partial charge in [0.1, 0.15) is 11.9 Å². The fourth-order valence-corrected chi connectivity index (χ4v) is 3.83. The average molecular weight is 426 g/mol. The normalized spacial score (nSPS) is 15.7. The van der Waals surface area contributed by atoms with Gasteiger partial charge in [-0.25, -0.2) is 0 Å². The van der Waals surface area contributed by atoms with E-state index in [0.29, 0.717) is 36.1 Å². The van der Waals surface area contributed by atoms with Crippen LogP contribution in [0.5, 0.6) is 5.75 Å². The number of para-hydroxylation sites is 1. The van der Waals surface area contributed by atoms with Crippen LogP contribution in [0.1, 0.15) is 22.3 Å². The lowest BCUT2D eigenvalue weighted by Gasteiger charge is -2.18. The number of carbonyl (C=O) groups excluding carboxylic acids is 1. The number of carbonyl (C=O) groups is 1. The van der Waals surface area contributed by atoms with Crippen molar-refractivity contribution in [1.29, 1.82) is 0 Å². The lowest BCUT2D eigenvalue weighted by molar-refractivity contribution is 0.0771. The predicted molar refractivity (Wildman–Crippen MR) is 119 cm³/mol. The predicted octanol–water partition coefficient (Wildman–Crippen LogP) is 4.40. The van der Waals surface area contributed by atoms with Crippen molar-refractivity contribution in [2.24, 2.45) is 0 Å². The van der Waals surface area contributed by atoms with Crippen LogP contribution in [0.25, 0.3) is 22.8 Å². The molecule has 7 nitrogen and oxygen atoms in total. The summed E-state index contributed by atoms with van der Waals surface area (Å²) in [5.74, 6) is 1.57. The van der Waals surface area contributed by atoms with Gasteiger partial charge in [0.15, 0.2) is 0 Å². The van der Waals surface area contributed by atoms with Crippen LogP contribution in [0.3, 0.4) is 0 Å². The Balaban J connectivity index is 1.32. The highest BCUT2D eigenvalue weighted by atomic mass is 16.5. The van der Waals surface area contributed by atoms with Crippen molar-refractivity contribution in [2.75, 3.05) is 13.1 Å². The van der Waals surface area contributed by atoms with E-state index in [1.165, 1.54) is 0 Å². The van der Waals surface area contributed by atoms with Crippen LogP contribution < -0.4 is 4.74 Å². The Morgan fingerprint density at radius 1 is 1.09 bits per heavy atom. The Bertz CT molecular complexity index is 1240. The summed E-state index contributed by atoms with van der Waals surface area (Å²) in [6.45, 7) is 3.07. The first kappa shape index (κ1) is 19.9. The van der Waals surface area contributed by atoms with Crippen LogP contribution >= 0.6 is 0 Å². The van der Waals surface area contributed by atoms with Gasteiger partial charge in [0.25, 0.3) is 11.8 Å². The molecule has 3 heterocycles. The number of pyridine rings is 1. The monoisotopic (exact) mass is 426 g/mol. The number of nitrogens with zero attached hydrogens (tertiary/aromatic N) is 4. The van der Waals surface area contributed by atoms with Gasteiger partial charge in [-0.15, -0.1) is 0 Å². The second-order valence-corrected chi connectivity index (χ2v) is 7.76. The van der Waals surface area contributed by atoms with Gasteiger partial charge < -0.3 is 14.2 Å². The Hall–Kier alpha value is -4.00. The van der Waals surface area contributed by atoms with E-state index in [1.54, 1.807) is 12.4 Å². The molecule has 160 valence electrons. The summed E-state index contributed by atoms with van der Waals surface area (Å²) >= 11 is 0. The molecule has 1 amide bonds. The minimum absolute atomic E-state index is 0.0145. The molecule has 1 aliphatic rings. The number of hydrogen-bond acceptors (Lipinski definition) is 6. The van der Waals surface area contributed by atoms with Gasteiger partial charge in [0, 0.05) is 30.9 Å². The third kappa shape index (κ3) is 3.97. The summed E-state index contributed by atoms with van der Waals surface area (Å²) in [5.41, 5.74) is 3.17. The molecule has 4 aromatic rings. The first-order valence-electron chi connectivity index (χ1n) is 10.5. The lowest BCUT2D eigenvalue weighted by atomic mass is 10.1. The zero-order valence-corrected chi connectivity index (χ0v) is 17.6. The van der Waals surface area contributed by atoms with Crippen LogP contribution in [-0.4, -0.2) is 45.1 Å². The van der Waals surface area contributed by atoms with Crippen molar-refractivity contribution in [3.63, 3.8) is 0 Å². The smallest absolute Gasteiger partial charge is 0.262 e. The van der Waals surface area contributed by atoms with Crippen molar-refractivity contribution in [2.45, 2.75) is 19.4 Å². The van der Waals surface area contributed by atoms with E-state index < -0.39 is 0 Å². The van der Waals surface area contributed by atoms with Gasteiger partial charge >= 0.3 is 0 Å². The zero-order valence-electron chi connectivity index (χ0n) is 17.6. The van der Waals surface area contributed by atoms with E-state index in [4.69, 9.17) is 9.26 Å². The summed E-state index contributed by atoms with van der Waals surface area (Å²) < 4.78 is 11.8. The number of amides is 1. The second kappa shape index (κ2) is 8.63. The molecule has 7 heteroatoms. The number of hydrogen-bond donors (Lipinski definition) is 0. The Labute approximate surface area is 185 Å². The van der Waals surface area contributed by atoms with Gasteiger partial charge in [-0.05, 0) is 30.7 Å². The summed E-state index contributed by atoms with van der Waals surface area (Å²) in [6.07, 6.45) is 3.95. The molecule has 0 aliphatic carbocycles. The lowest BCUT2D eigenvalue weighted by Crippen LogP contribution is -2.31. The Morgan fingerprint density at radius 2 is 1.91 bits per heavy atom. The van der Waals surface area contributed by atoms with Crippen LogP contribution in [0.4, 0.5) is 0 Å². The van der Waals surface area contributed by atoms with Crippen LogP contribution in [0, 0.1) is 6.92 Å². The molecular formula is C25H22N4O3. The number of ether oxygens (including phenoxy) is 1. The molecule has 1 aliphatic heterocycles. The van der Waals surface area contributed by atoms with Crippen molar-refractivity contribution in [3.8, 4) is 28.6 Å². The van der Waals surface area contributed by atoms with Crippen molar-refractivity contribution < 1.29 is 14.1 Å². The molecule has 32 heavy (non-hydrogen) atoms. The molecule has 0 spiro atoms. The standard InChI is InChI=1S/C25H22N4O3/c1-17-11-13-26-15-21(17)25(30)29-14-12-19(16-29)31-22-10-6-5-9-20(22)24-27-23(28-32-24)18-7-3-2-4-8-18/h2-11,13,15,19H,12,14,16H2,1H3. The Morgan fingerprint density at radius 3 is 2.75 bits per heavy atom. The summed E-state index contributed by atoms with van der Waals surface area (Å²) in [5, 5.41) is 4.11. The van der Waals surface area contributed by atoms with Gasteiger partial charge in [-0.2, -0.15) is 4.98 Å². The van der Waals surface area contributed by atoms with Crippen molar-refractivity contribution >= 4 is 5.91 Å². The third-order valence-corrected chi connectivity index (χ3v) is 5.57. The summed E-state index contributed by atoms with van der Waals surface area (Å²) in [4.78, 5) is 23.3. The van der Waals surface area contributed by atoms with Gasteiger partial charge in [0.2, 0.25) is 5.82 Å². The first-order chi connectivity index (χ1) is 15.7. The van der Waals surface area contributed by atoms with Gasteiger partial charge in [-0.1, -0.05) is 47.6 Å². The fraction of sp³-hybridized carbons (Fsp3) is 0.200. The van der Waals surface area contributed by atoms with Gasteiger partial charge in [-0.3, -0.25) is 9.78 Å². The number of benzene rings is 2. The number of aryl methyl sites for hydroxylation is 1. The quantitative estimate of drug-likeness (QED) is 0.470. The largest absolute Gasteiger partial charge is 0.488 e. The van der Waals surface area contributed by atoms with Crippen LogP contribution in [0.15, 0.2) is 77.6 Å². The van der Waals surface area contributed by atoms with E-state index in [9.17, 15) is 4.79 Å². The number of rotatable bonds is 5. The maximum Gasteiger partial charge on any atom is 0.262 e. The maximum absolute atomic E-state index is 12.9. The van der Waals surface area contributed by atoms with E-state index in [2.05, 4.69) is 15.1 Å². The molecule has 1 atom stereocenters. The minimum atomic E-state index is -0.117. The first-order valence-corrected chi connectivity index (χ1v) is 10.5. The Kier molecular flexibility index (Phi) is 5.37. The summed E-state index contributed by atoms with van der Waals surface area (Å²) in [6, 6.07) is 19.1. The minimum Gasteiger partial charge on any atom is -0.488 e.